The van der Waals surface area contributed by atoms with Crippen LogP contribution in [0.25, 0.3) is 0 Å². The molecule has 2 rings (SSSR count). The zero-order valence-electron chi connectivity index (χ0n) is 8.42. The van der Waals surface area contributed by atoms with Crippen LogP contribution in [0.2, 0.25) is 5.02 Å². The predicted molar refractivity (Wildman–Crippen MR) is 58.6 cm³/mol. The monoisotopic (exact) mass is 227 g/mol. The van der Waals surface area contributed by atoms with Gasteiger partial charge in [-0.2, -0.15) is 0 Å². The van der Waals surface area contributed by atoms with Gasteiger partial charge in [0, 0.05) is 43.3 Å². The lowest BCUT2D eigenvalue weighted by atomic mass is 10.2. The minimum absolute atomic E-state index is 0.218. The SMILES string of the molecule is Fc1cccc(Cl)c1CN1CC[N]CC1. The van der Waals surface area contributed by atoms with Gasteiger partial charge < -0.3 is 0 Å². The van der Waals surface area contributed by atoms with E-state index >= 15 is 0 Å². The average molecular weight is 228 g/mol. The first-order valence-corrected chi connectivity index (χ1v) is 5.43. The molecule has 0 bridgehead atoms. The number of nitrogens with zero attached hydrogens (tertiary/aromatic N) is 2. The summed E-state index contributed by atoms with van der Waals surface area (Å²) in [7, 11) is 0. The molecule has 1 aliphatic rings. The fraction of sp³-hybridized carbons (Fsp3) is 0.455. The average Bonchev–Trinajstić information content (AvgIpc) is 2.25. The minimum atomic E-state index is -0.218. The van der Waals surface area contributed by atoms with E-state index in [1.54, 1.807) is 12.1 Å². The maximum Gasteiger partial charge on any atom is 0.129 e. The van der Waals surface area contributed by atoms with Gasteiger partial charge in [0.15, 0.2) is 0 Å². The molecule has 1 aromatic carbocycles. The molecule has 1 saturated heterocycles. The van der Waals surface area contributed by atoms with Crippen molar-refractivity contribution in [2.24, 2.45) is 0 Å². The third-order valence-electron chi connectivity index (χ3n) is 2.59. The van der Waals surface area contributed by atoms with Gasteiger partial charge in [-0.3, -0.25) is 4.90 Å². The van der Waals surface area contributed by atoms with E-state index in [4.69, 9.17) is 11.6 Å². The van der Waals surface area contributed by atoms with E-state index < -0.39 is 0 Å². The van der Waals surface area contributed by atoms with Crippen molar-refractivity contribution in [1.82, 2.24) is 10.2 Å². The second-order valence-electron chi connectivity index (χ2n) is 3.65. The summed E-state index contributed by atoms with van der Waals surface area (Å²) in [6.07, 6.45) is 0. The number of piperazine rings is 1. The predicted octanol–water partition coefficient (Wildman–Crippen LogP) is 1.90. The van der Waals surface area contributed by atoms with Crippen molar-refractivity contribution in [2.75, 3.05) is 26.2 Å². The highest BCUT2D eigenvalue weighted by atomic mass is 35.5. The van der Waals surface area contributed by atoms with E-state index in [0.717, 1.165) is 26.2 Å². The largest absolute Gasteiger partial charge is 0.296 e. The van der Waals surface area contributed by atoms with E-state index in [1.165, 1.54) is 6.07 Å². The summed E-state index contributed by atoms with van der Waals surface area (Å²) < 4.78 is 13.5. The van der Waals surface area contributed by atoms with E-state index in [0.29, 0.717) is 17.1 Å². The first-order chi connectivity index (χ1) is 7.27. The molecular weight excluding hydrogens is 215 g/mol. The molecule has 1 fully saturated rings. The van der Waals surface area contributed by atoms with Crippen LogP contribution < -0.4 is 5.32 Å². The molecule has 1 aliphatic heterocycles. The Morgan fingerprint density at radius 2 is 2.07 bits per heavy atom. The van der Waals surface area contributed by atoms with E-state index in [2.05, 4.69) is 10.2 Å². The van der Waals surface area contributed by atoms with Crippen LogP contribution in [-0.2, 0) is 6.54 Å². The van der Waals surface area contributed by atoms with Crippen molar-refractivity contribution < 1.29 is 4.39 Å². The first kappa shape index (κ1) is 10.9. The fourth-order valence-corrected chi connectivity index (χ4v) is 1.94. The molecule has 1 aromatic rings. The number of rotatable bonds is 2. The van der Waals surface area contributed by atoms with Crippen molar-refractivity contribution in [2.45, 2.75) is 6.54 Å². The summed E-state index contributed by atoms with van der Waals surface area (Å²) in [4.78, 5) is 2.18. The van der Waals surface area contributed by atoms with Gasteiger partial charge in [0.1, 0.15) is 5.82 Å². The zero-order chi connectivity index (χ0) is 10.7. The van der Waals surface area contributed by atoms with Gasteiger partial charge in [-0.05, 0) is 12.1 Å². The summed E-state index contributed by atoms with van der Waals surface area (Å²) >= 11 is 5.96. The van der Waals surface area contributed by atoms with Crippen molar-refractivity contribution in [3.63, 3.8) is 0 Å². The van der Waals surface area contributed by atoms with Gasteiger partial charge in [-0.25, -0.2) is 9.71 Å². The summed E-state index contributed by atoms with van der Waals surface area (Å²) in [5.74, 6) is -0.218. The summed E-state index contributed by atoms with van der Waals surface area (Å²) in [6, 6.07) is 4.82. The maximum atomic E-state index is 13.5. The Kier molecular flexibility index (Phi) is 3.57. The molecule has 1 radical (unpaired) electrons. The van der Waals surface area contributed by atoms with Crippen LogP contribution in [-0.4, -0.2) is 31.1 Å². The third kappa shape index (κ3) is 2.68. The second kappa shape index (κ2) is 4.92. The summed E-state index contributed by atoms with van der Waals surface area (Å²) in [5.41, 5.74) is 0.598. The van der Waals surface area contributed by atoms with Crippen molar-refractivity contribution in [1.29, 1.82) is 0 Å². The summed E-state index contributed by atoms with van der Waals surface area (Å²) in [5, 5.41) is 4.76. The molecule has 0 unspecified atom stereocenters. The number of hydrogen-bond acceptors (Lipinski definition) is 1. The van der Waals surface area contributed by atoms with Gasteiger partial charge in [-0.1, -0.05) is 17.7 Å². The fourth-order valence-electron chi connectivity index (χ4n) is 1.71. The topological polar surface area (TPSA) is 17.3 Å². The molecule has 2 nitrogen and oxygen atoms in total. The molecular formula is C11H13ClFN2. The van der Waals surface area contributed by atoms with Crippen LogP contribution in [0.1, 0.15) is 5.56 Å². The normalized spacial score (nSPS) is 18.0. The lowest BCUT2D eigenvalue weighted by Crippen LogP contribution is -2.39. The molecule has 4 heteroatoms. The Labute approximate surface area is 94.0 Å². The van der Waals surface area contributed by atoms with Crippen molar-refractivity contribution >= 4 is 11.6 Å². The lowest BCUT2D eigenvalue weighted by Gasteiger charge is -2.26. The molecule has 1 heterocycles. The molecule has 0 N–H and O–H groups in total. The Bertz CT molecular complexity index is 317. The van der Waals surface area contributed by atoms with Crippen LogP contribution in [0.5, 0.6) is 0 Å². The van der Waals surface area contributed by atoms with Gasteiger partial charge >= 0.3 is 0 Å². The third-order valence-corrected chi connectivity index (χ3v) is 2.95. The van der Waals surface area contributed by atoms with E-state index in [-0.39, 0.29) is 5.82 Å². The van der Waals surface area contributed by atoms with Gasteiger partial charge in [0.05, 0.1) is 0 Å². The number of benzene rings is 1. The maximum absolute atomic E-state index is 13.5. The molecule has 0 spiro atoms. The molecule has 0 saturated carbocycles. The Hall–Kier alpha value is -0.640. The molecule has 0 aromatic heterocycles. The van der Waals surface area contributed by atoms with Crippen LogP contribution in [0.4, 0.5) is 4.39 Å². The standard InChI is InChI=1S/C11H13ClFN2/c12-10-2-1-3-11(13)9(10)8-15-6-4-14-5-7-15/h1-3H,4-8H2. The molecule has 0 aliphatic carbocycles. The molecule has 0 amide bonds. The number of hydrogen-bond donors (Lipinski definition) is 0. The number of halogens is 2. The molecule has 15 heavy (non-hydrogen) atoms. The first-order valence-electron chi connectivity index (χ1n) is 5.06. The Morgan fingerprint density at radius 1 is 1.33 bits per heavy atom. The van der Waals surface area contributed by atoms with Crippen molar-refractivity contribution in [3.8, 4) is 0 Å². The summed E-state index contributed by atoms with van der Waals surface area (Å²) in [6.45, 7) is 4.05. The van der Waals surface area contributed by atoms with Crippen LogP contribution >= 0.6 is 11.6 Å². The van der Waals surface area contributed by atoms with Gasteiger partial charge in [-0.15, -0.1) is 0 Å². The Balaban J connectivity index is 2.09. The lowest BCUT2D eigenvalue weighted by molar-refractivity contribution is 0.228. The second-order valence-corrected chi connectivity index (χ2v) is 4.05. The Morgan fingerprint density at radius 3 is 2.73 bits per heavy atom. The van der Waals surface area contributed by atoms with Gasteiger partial charge in [0.25, 0.3) is 0 Å². The van der Waals surface area contributed by atoms with E-state index in [9.17, 15) is 4.39 Å². The highest BCUT2D eigenvalue weighted by Gasteiger charge is 2.14. The van der Waals surface area contributed by atoms with E-state index in [1.807, 2.05) is 0 Å². The minimum Gasteiger partial charge on any atom is -0.296 e. The highest BCUT2D eigenvalue weighted by Crippen LogP contribution is 2.20. The van der Waals surface area contributed by atoms with Gasteiger partial charge in [0.2, 0.25) is 0 Å². The van der Waals surface area contributed by atoms with Crippen molar-refractivity contribution in [3.05, 3.63) is 34.6 Å². The van der Waals surface area contributed by atoms with Crippen LogP contribution in [0, 0.1) is 5.82 Å². The van der Waals surface area contributed by atoms with Crippen LogP contribution in [0.3, 0.4) is 0 Å². The quantitative estimate of drug-likeness (QED) is 0.755. The smallest absolute Gasteiger partial charge is 0.129 e. The zero-order valence-corrected chi connectivity index (χ0v) is 9.17. The van der Waals surface area contributed by atoms with Crippen LogP contribution in [0.15, 0.2) is 18.2 Å². The highest BCUT2D eigenvalue weighted by molar-refractivity contribution is 6.31. The molecule has 0 atom stereocenters. The molecule has 81 valence electrons.